The van der Waals surface area contributed by atoms with Crippen molar-refractivity contribution in [2.45, 2.75) is 450 Å². The molecule has 4 unspecified atom stereocenters. The van der Waals surface area contributed by atoms with Gasteiger partial charge in [0.1, 0.15) is 24.4 Å². The fourth-order valence-electron chi connectivity index (χ4n) is 26.3. The van der Waals surface area contributed by atoms with Crippen molar-refractivity contribution in [1.82, 2.24) is 39.2 Å². The summed E-state index contributed by atoms with van der Waals surface area (Å²) in [6.45, 7) is 66.9. The van der Waals surface area contributed by atoms with Crippen molar-refractivity contribution in [3.8, 4) is 0 Å². The van der Waals surface area contributed by atoms with Gasteiger partial charge in [0, 0.05) is 140 Å². The number of aliphatic carboxylic acids is 4. The van der Waals surface area contributed by atoms with Crippen molar-refractivity contribution in [3.63, 3.8) is 0 Å². The number of hydrogen-bond acceptors (Lipinski definition) is 20. The lowest BCUT2D eigenvalue weighted by molar-refractivity contribution is -0.222. The molecule has 0 amide bonds. The fourth-order valence-corrected chi connectivity index (χ4v) is 26.3. The van der Waals surface area contributed by atoms with Gasteiger partial charge in [-0.1, -0.05) is 0 Å². The normalized spacial score (nSPS) is 28.7. The van der Waals surface area contributed by atoms with Crippen molar-refractivity contribution >= 4 is 47.8 Å². The van der Waals surface area contributed by atoms with Gasteiger partial charge in [0.15, 0.2) is 0 Å². The molecule has 0 aromatic rings. The SMILES string of the molecule is CN1C(C)(C)CC(C(C(=O)O)(C2CC(C)(C)N(C)C(C)(C)C2)C(C(=O)O)C(C(=O)O)C(C(=O)O)(C2CC(C)(C)N(C)C(C)(C)C2)C2CC(C)(C)N(C)C(C)(C)C2)CC1(C)C.CN1C(C)(C)CC(OC(=O)CC(C(=O)OC2CC(C)(C)N(C)C(C)(C)C2)C(CC(=O)OC2CC(C)(C)N(C)C(C)(C)C2)C(=O)OC2CC(C)(C)N(C)C(C)(C)C2)CC1(C)C. The molecule has 4 N–H and O–H groups in total. The smallest absolute Gasteiger partial charge is 0.311 e. The molecular weight excluding hydrogens is 1520 g/mol. The Morgan fingerprint density at radius 1 is 0.250 bits per heavy atom. The highest BCUT2D eigenvalue weighted by Gasteiger charge is 2.75. The highest BCUT2D eigenvalue weighted by Crippen LogP contribution is 2.67. The maximum Gasteiger partial charge on any atom is 0.311 e. The summed E-state index contributed by atoms with van der Waals surface area (Å²) >= 11 is 0. The first-order valence-corrected chi connectivity index (χ1v) is 45.2. The molecule has 24 heteroatoms. The number of likely N-dealkylation sites (tertiary alicyclic amines) is 8. The number of carboxylic acids is 4. The van der Waals surface area contributed by atoms with Crippen LogP contribution in [0.5, 0.6) is 0 Å². The van der Waals surface area contributed by atoms with Gasteiger partial charge in [-0.15, -0.1) is 0 Å². The third-order valence-electron chi connectivity index (χ3n) is 34.7. The lowest BCUT2D eigenvalue weighted by Crippen LogP contribution is -2.72. The van der Waals surface area contributed by atoms with Crippen LogP contribution in [0.1, 0.15) is 337 Å². The standard InChI is InChI=1S/2C48H86N4O8/c1-41(2)23-31(24-42(3,4)49(41)17)57-37(53)21-35(39(55)59-33-27-45(9,10)51(19)46(11,12)28-33)36(40(56)60-34-29-47(13,14)52(20)48(15,16)30-34)22-38(54)58-32-25-43(5,6)50(18)44(7,8)26-32;1-39(2)21-29(22-40(3,4)49(39)17)47(37(57)58,30-23-41(5,6)50(18)42(7,8)24-30)33(35(53)54)34(36(55)56)48(38(59)60,31-25-43(9,10)51(19)44(11,12)26-31)32-27-45(13,14)52(20)46(15,16)28-32/h31-36H,21-30H2,1-20H3;29-34H,21-28H2,1-20H3,(H,53,54)(H,55,56)(H,57,58)(H,59,60). The summed E-state index contributed by atoms with van der Waals surface area (Å²) in [6, 6.07) is 0. The molecule has 24 nitrogen and oxygen atoms in total. The quantitative estimate of drug-likeness (QED) is 0.0579. The molecule has 692 valence electrons. The number of ether oxygens (including phenoxy) is 4. The maximum absolute atomic E-state index is 15.2. The Morgan fingerprint density at radius 2 is 0.383 bits per heavy atom. The molecule has 0 aromatic carbocycles. The molecule has 8 saturated heterocycles. The minimum atomic E-state index is -2.17. The van der Waals surface area contributed by atoms with Crippen LogP contribution in [0.15, 0.2) is 0 Å². The molecule has 0 spiro atoms. The van der Waals surface area contributed by atoms with Crippen LogP contribution in [0.3, 0.4) is 0 Å². The van der Waals surface area contributed by atoms with E-state index in [-0.39, 0.29) is 44.3 Å². The second-order valence-corrected chi connectivity index (χ2v) is 49.6. The highest BCUT2D eigenvalue weighted by molar-refractivity contribution is 5.93. The minimum absolute atomic E-state index is 0.248. The summed E-state index contributed by atoms with van der Waals surface area (Å²) in [6.07, 6.45) is 4.44. The molecule has 8 aliphatic heterocycles. The Hall–Kier alpha value is -4.56. The predicted octanol–water partition coefficient (Wildman–Crippen LogP) is 15.9. The molecule has 8 heterocycles. The zero-order valence-corrected chi connectivity index (χ0v) is 82.9. The third kappa shape index (κ3) is 20.1. The summed E-state index contributed by atoms with van der Waals surface area (Å²) in [4.78, 5) is 137. The second-order valence-electron chi connectivity index (χ2n) is 49.6. The Kier molecular flexibility index (Phi) is 28.7. The zero-order chi connectivity index (χ0) is 92.7. The zero-order valence-electron chi connectivity index (χ0n) is 82.9. The fraction of sp³-hybridized carbons (Fsp3) is 0.917. The van der Waals surface area contributed by atoms with E-state index in [0.717, 1.165) is 0 Å². The highest BCUT2D eigenvalue weighted by atomic mass is 16.6. The monoisotopic (exact) mass is 1690 g/mol. The first-order chi connectivity index (χ1) is 53.6. The van der Waals surface area contributed by atoms with Crippen LogP contribution in [0.2, 0.25) is 0 Å². The van der Waals surface area contributed by atoms with Crippen LogP contribution < -0.4 is 0 Å². The number of carbonyl (C=O) groups excluding carboxylic acids is 4. The Bertz CT molecular complexity index is 3300. The summed E-state index contributed by atoms with van der Waals surface area (Å²) in [5.41, 5.74) is -11.3. The number of piperidine rings is 8. The average molecular weight is 1690 g/mol. The molecule has 0 radical (unpaired) electrons. The number of rotatable bonds is 22. The lowest BCUT2D eigenvalue weighted by Gasteiger charge is -2.65. The van der Waals surface area contributed by atoms with E-state index in [1.54, 1.807) is 0 Å². The topological polar surface area (TPSA) is 280 Å². The van der Waals surface area contributed by atoms with E-state index in [0.29, 0.717) is 103 Å². The number of carbonyl (C=O) groups is 8. The van der Waals surface area contributed by atoms with Crippen molar-refractivity contribution in [2.75, 3.05) is 56.4 Å². The molecule has 8 aliphatic rings. The van der Waals surface area contributed by atoms with Crippen LogP contribution in [0.4, 0.5) is 0 Å². The van der Waals surface area contributed by atoms with Crippen molar-refractivity contribution in [2.24, 2.45) is 58.2 Å². The Labute approximate surface area is 725 Å². The van der Waals surface area contributed by atoms with Gasteiger partial charge in [-0.25, -0.2) is 0 Å². The number of hydrogen-bond donors (Lipinski definition) is 4. The van der Waals surface area contributed by atoms with Crippen molar-refractivity contribution in [3.05, 3.63) is 0 Å². The molecule has 0 aromatic heterocycles. The predicted molar refractivity (Wildman–Crippen MR) is 473 cm³/mol. The number of carboxylic acid groups (broad SMARTS) is 4. The summed E-state index contributed by atoms with van der Waals surface area (Å²) in [7, 11) is 16.4. The summed E-state index contributed by atoms with van der Waals surface area (Å²) in [5.74, 6) is -18.4. The third-order valence-corrected chi connectivity index (χ3v) is 34.7. The van der Waals surface area contributed by atoms with E-state index in [4.69, 9.17) is 18.9 Å². The first kappa shape index (κ1) is 103. The summed E-state index contributed by atoms with van der Waals surface area (Å²) in [5, 5.41) is 49.0. The maximum atomic E-state index is 15.2. The van der Waals surface area contributed by atoms with Crippen molar-refractivity contribution < 1.29 is 77.7 Å². The van der Waals surface area contributed by atoms with E-state index in [1.165, 1.54) is 0 Å². The Morgan fingerprint density at radius 3 is 0.517 bits per heavy atom. The van der Waals surface area contributed by atoms with Gasteiger partial charge in [-0.2, -0.15) is 0 Å². The average Bonchev–Trinajstić information content (AvgIpc) is 0.684. The molecule has 4 atom stereocenters. The van der Waals surface area contributed by atoms with Crippen LogP contribution >= 0.6 is 0 Å². The molecule has 0 saturated carbocycles. The molecule has 8 fully saturated rings. The van der Waals surface area contributed by atoms with Gasteiger partial charge < -0.3 is 39.4 Å². The van der Waals surface area contributed by atoms with Gasteiger partial charge in [-0.05, 0) is 353 Å². The molecule has 120 heavy (non-hydrogen) atoms. The number of nitrogens with zero attached hydrogens (tertiary/aromatic N) is 8. The number of esters is 4. The lowest BCUT2D eigenvalue weighted by atomic mass is 9.42. The van der Waals surface area contributed by atoms with Crippen LogP contribution in [-0.4, -0.2) is 277 Å². The van der Waals surface area contributed by atoms with Gasteiger partial charge in [0.25, 0.3) is 0 Å². The Balaban J connectivity index is 0.000000331. The van der Waals surface area contributed by atoms with Gasteiger partial charge in [0.05, 0.1) is 47.3 Å². The molecular formula is C96H172N8O16. The van der Waals surface area contributed by atoms with E-state index >= 15 is 9.59 Å². The van der Waals surface area contributed by atoms with Crippen LogP contribution in [-0.2, 0) is 57.3 Å². The molecule has 0 aliphatic carbocycles. The molecule has 8 rings (SSSR count). The minimum Gasteiger partial charge on any atom is -0.481 e. The van der Waals surface area contributed by atoms with Gasteiger partial charge >= 0.3 is 47.8 Å². The largest absolute Gasteiger partial charge is 0.481 e. The first-order valence-electron chi connectivity index (χ1n) is 45.2. The van der Waals surface area contributed by atoms with Crippen LogP contribution in [0, 0.1) is 58.2 Å². The van der Waals surface area contributed by atoms with E-state index < -0.39 is 187 Å². The van der Waals surface area contributed by atoms with E-state index in [2.05, 4.69) is 178 Å². The summed E-state index contributed by atoms with van der Waals surface area (Å²) < 4.78 is 25.2. The second kappa shape index (κ2) is 33.6. The van der Waals surface area contributed by atoms with Crippen molar-refractivity contribution in [1.29, 1.82) is 0 Å². The van der Waals surface area contributed by atoms with E-state index in [9.17, 15) is 49.2 Å². The molecule has 0 bridgehead atoms. The van der Waals surface area contributed by atoms with Crippen LogP contribution in [0.25, 0.3) is 0 Å². The van der Waals surface area contributed by atoms with Gasteiger partial charge in [-0.3, -0.25) is 77.6 Å². The van der Waals surface area contributed by atoms with Gasteiger partial charge in [0.2, 0.25) is 0 Å². The van der Waals surface area contributed by atoms with E-state index in [1.807, 2.05) is 139 Å².